The summed E-state index contributed by atoms with van der Waals surface area (Å²) in [5.41, 5.74) is 10.9. The van der Waals surface area contributed by atoms with Gasteiger partial charge in [-0.05, 0) is 44.6 Å². The van der Waals surface area contributed by atoms with Crippen LogP contribution in [0.4, 0.5) is 0 Å². The Morgan fingerprint density at radius 3 is 2.08 bits per heavy atom. The predicted molar refractivity (Wildman–Crippen MR) is 184 cm³/mol. The molecule has 1 saturated heterocycles. The maximum absolute atomic E-state index is 13.5. The molecule has 1 aliphatic rings. The van der Waals surface area contributed by atoms with E-state index in [2.05, 4.69) is 37.2 Å². The summed E-state index contributed by atoms with van der Waals surface area (Å²) in [4.78, 5) is 102. The Morgan fingerprint density at radius 2 is 1.43 bits per heavy atom. The fraction of sp³-hybridized carbons (Fsp3) is 0.688. The Balaban J connectivity index is 3.30. The van der Waals surface area contributed by atoms with Gasteiger partial charge in [0.1, 0.15) is 30.8 Å². The second-order valence-corrected chi connectivity index (χ2v) is 12.1. The second kappa shape index (κ2) is 25.3. The molecule has 1 fully saturated rings. The van der Waals surface area contributed by atoms with Crippen molar-refractivity contribution in [1.82, 2.24) is 37.2 Å². The molecule has 8 amide bonds. The molecule has 19 heteroatoms. The number of carbonyl (C=O) groups is 8. The van der Waals surface area contributed by atoms with Crippen LogP contribution in [-0.2, 0) is 47.8 Å². The zero-order chi connectivity index (χ0) is 38.2. The van der Waals surface area contributed by atoms with Gasteiger partial charge in [0.15, 0.2) is 0 Å². The molecule has 0 unspecified atom stereocenters. The average Bonchev–Trinajstić information content (AvgIpc) is 3.08. The summed E-state index contributed by atoms with van der Waals surface area (Å²) < 4.78 is 10.6. The van der Waals surface area contributed by atoms with Crippen LogP contribution in [0.2, 0.25) is 0 Å². The number of hydrogen-bond acceptors (Lipinski definition) is 11. The van der Waals surface area contributed by atoms with Gasteiger partial charge in [0, 0.05) is 13.0 Å². The van der Waals surface area contributed by atoms with Gasteiger partial charge in [0.2, 0.25) is 47.3 Å². The molecule has 1 heterocycles. The van der Waals surface area contributed by atoms with Crippen molar-refractivity contribution < 1.29 is 47.8 Å². The molecule has 0 bridgehead atoms. The first kappa shape index (κ1) is 44.4. The number of unbranched alkanes of at least 4 members (excludes halogenated alkanes) is 1. The van der Waals surface area contributed by atoms with Crippen molar-refractivity contribution in [2.24, 2.45) is 17.4 Å². The Morgan fingerprint density at radius 1 is 0.784 bits per heavy atom. The Bertz CT molecular complexity index is 1210. The number of nitrogens with two attached hydrogens (primary N) is 2. The summed E-state index contributed by atoms with van der Waals surface area (Å²) >= 11 is 0. The van der Waals surface area contributed by atoms with Crippen molar-refractivity contribution in [2.75, 3.05) is 52.6 Å². The van der Waals surface area contributed by atoms with Gasteiger partial charge in [-0.1, -0.05) is 32.9 Å². The molecule has 0 saturated carbocycles. The smallest absolute Gasteiger partial charge is 0.247 e. The maximum atomic E-state index is 13.5. The van der Waals surface area contributed by atoms with Crippen LogP contribution in [-0.4, -0.2) is 124 Å². The first-order valence-electron chi connectivity index (χ1n) is 17.1. The van der Waals surface area contributed by atoms with Crippen molar-refractivity contribution in [3.8, 4) is 0 Å². The minimum atomic E-state index is -1.35. The molecule has 0 spiro atoms. The number of nitrogens with one attached hydrogen (secondary N) is 7. The van der Waals surface area contributed by atoms with Crippen LogP contribution >= 0.6 is 0 Å². The lowest BCUT2D eigenvalue weighted by molar-refractivity contribution is -0.134. The number of ether oxygens (including phenoxy) is 2. The van der Waals surface area contributed by atoms with E-state index in [0.717, 1.165) is 0 Å². The number of amides is 8. The van der Waals surface area contributed by atoms with Gasteiger partial charge >= 0.3 is 0 Å². The van der Waals surface area contributed by atoms with Crippen molar-refractivity contribution >= 4 is 47.3 Å². The van der Waals surface area contributed by atoms with Crippen LogP contribution in [0.5, 0.6) is 0 Å². The van der Waals surface area contributed by atoms with E-state index in [1.807, 2.05) is 13.8 Å². The number of carbonyl (C=O) groups excluding carboxylic acids is 8. The van der Waals surface area contributed by atoms with Crippen LogP contribution in [0.15, 0.2) is 12.2 Å². The molecule has 288 valence electrons. The molecule has 1 rings (SSSR count). The van der Waals surface area contributed by atoms with E-state index in [-0.39, 0.29) is 71.1 Å². The van der Waals surface area contributed by atoms with Crippen molar-refractivity contribution in [2.45, 2.75) is 83.5 Å². The molecule has 4 atom stereocenters. The Hall–Kier alpha value is -4.62. The highest BCUT2D eigenvalue weighted by Gasteiger charge is 2.30. The normalized spacial score (nSPS) is 23.6. The van der Waals surface area contributed by atoms with Gasteiger partial charge in [-0.25, -0.2) is 0 Å². The molecule has 1 aliphatic heterocycles. The van der Waals surface area contributed by atoms with Gasteiger partial charge in [-0.15, -0.1) is 0 Å². The quantitative estimate of drug-likeness (QED) is 0.0781. The number of rotatable bonds is 10. The highest BCUT2D eigenvalue weighted by molar-refractivity contribution is 5.97. The van der Waals surface area contributed by atoms with Crippen molar-refractivity contribution in [3.05, 3.63) is 12.2 Å². The van der Waals surface area contributed by atoms with E-state index in [1.54, 1.807) is 13.0 Å². The lowest BCUT2D eigenvalue weighted by atomic mass is 10.0. The minimum Gasteiger partial charge on any atom is -0.377 e. The number of allylic oxidation sites excluding steroid dienone is 1. The standard InChI is InChI=1S/C32H55N9O10/c1-4-21-29(46)37-18-27(44)39-23(9-10-25(34)42)32(49)40-22(8-6-5-7-11-33)31(48)41-24(16-20(2)3)30(47)36-17-26(43)35-12-13-50-14-15-51-19-28(45)38-21/h6,8,20-24H,4-5,7,9-19,33H2,1-3H3,(H2,34,42)(H,35,43)(H,36,47)(H,37,46)(H,38,45)(H,39,44)(H,40,49)(H,41,48)/b8-6+/t21-,22-,23-,24-/m0/s1. The van der Waals surface area contributed by atoms with Crippen LogP contribution in [0, 0.1) is 5.92 Å². The third kappa shape index (κ3) is 20.0. The third-order valence-corrected chi connectivity index (χ3v) is 7.23. The summed E-state index contributed by atoms with van der Waals surface area (Å²) in [6.07, 6.45) is 3.98. The fourth-order valence-corrected chi connectivity index (χ4v) is 4.57. The molecular formula is C32H55N9O10. The van der Waals surface area contributed by atoms with Crippen LogP contribution < -0.4 is 48.7 Å². The summed E-state index contributed by atoms with van der Waals surface area (Å²) in [5, 5.41) is 17.6. The van der Waals surface area contributed by atoms with Gasteiger partial charge < -0.3 is 58.2 Å². The van der Waals surface area contributed by atoms with E-state index in [0.29, 0.717) is 19.4 Å². The molecule has 51 heavy (non-hydrogen) atoms. The van der Waals surface area contributed by atoms with Gasteiger partial charge in [-0.2, -0.15) is 0 Å². The van der Waals surface area contributed by atoms with E-state index in [4.69, 9.17) is 20.9 Å². The Labute approximate surface area is 297 Å². The number of primary amides is 1. The first-order valence-corrected chi connectivity index (χ1v) is 17.1. The largest absolute Gasteiger partial charge is 0.377 e. The molecule has 0 aromatic heterocycles. The highest BCUT2D eigenvalue weighted by Crippen LogP contribution is 2.07. The topological polar surface area (TPSA) is 291 Å². The molecule has 0 aromatic rings. The summed E-state index contributed by atoms with van der Waals surface area (Å²) in [7, 11) is 0. The average molecular weight is 726 g/mol. The van der Waals surface area contributed by atoms with E-state index < -0.39 is 78.0 Å². The van der Waals surface area contributed by atoms with Crippen LogP contribution in [0.1, 0.15) is 59.3 Å². The van der Waals surface area contributed by atoms with E-state index in [9.17, 15) is 38.4 Å². The Kier molecular flexibility index (Phi) is 22.1. The summed E-state index contributed by atoms with van der Waals surface area (Å²) in [5.74, 6) is -5.57. The lowest BCUT2D eigenvalue weighted by Crippen LogP contribution is -2.57. The predicted octanol–water partition coefficient (Wildman–Crippen LogP) is -3.66. The van der Waals surface area contributed by atoms with Gasteiger partial charge in [-0.3, -0.25) is 38.4 Å². The highest BCUT2D eigenvalue weighted by atomic mass is 16.5. The summed E-state index contributed by atoms with van der Waals surface area (Å²) in [6.45, 7) is 4.81. The second-order valence-electron chi connectivity index (χ2n) is 12.1. The van der Waals surface area contributed by atoms with Gasteiger partial charge in [0.05, 0.1) is 32.9 Å². The minimum absolute atomic E-state index is 0.0517. The monoisotopic (exact) mass is 725 g/mol. The first-order chi connectivity index (χ1) is 24.3. The third-order valence-electron chi connectivity index (χ3n) is 7.23. The molecule has 0 aromatic carbocycles. The molecule has 19 nitrogen and oxygen atoms in total. The van der Waals surface area contributed by atoms with Crippen LogP contribution in [0.3, 0.4) is 0 Å². The molecule has 0 radical (unpaired) electrons. The zero-order valence-electron chi connectivity index (χ0n) is 29.7. The van der Waals surface area contributed by atoms with Crippen LogP contribution in [0.25, 0.3) is 0 Å². The zero-order valence-corrected chi connectivity index (χ0v) is 29.7. The van der Waals surface area contributed by atoms with Gasteiger partial charge in [0.25, 0.3) is 0 Å². The molecular weight excluding hydrogens is 670 g/mol. The molecule has 11 N–H and O–H groups in total. The summed E-state index contributed by atoms with van der Waals surface area (Å²) in [6, 6.07) is -4.74. The van der Waals surface area contributed by atoms with E-state index >= 15 is 0 Å². The molecule has 0 aliphatic carbocycles. The van der Waals surface area contributed by atoms with E-state index in [1.165, 1.54) is 6.08 Å². The fourth-order valence-electron chi connectivity index (χ4n) is 4.57. The number of hydrogen-bond donors (Lipinski definition) is 9. The lowest BCUT2D eigenvalue weighted by Gasteiger charge is -2.25. The van der Waals surface area contributed by atoms with Crippen molar-refractivity contribution in [1.29, 1.82) is 0 Å². The van der Waals surface area contributed by atoms with Crippen molar-refractivity contribution in [3.63, 3.8) is 0 Å². The maximum Gasteiger partial charge on any atom is 0.247 e. The SMILES string of the molecule is CC[C@@H]1NC(=O)COCCOCCNC(=O)CNC(=O)[C@H](CC(C)C)NC(=O)[C@H](/C=C/CCCN)NC(=O)[C@H](CCC(N)=O)NC(=O)CNC1=O.